The minimum atomic E-state index is 0.368. The molecule has 19 heavy (non-hydrogen) atoms. The van der Waals surface area contributed by atoms with Crippen molar-refractivity contribution in [1.82, 2.24) is 4.98 Å². The standard InChI is InChI=1S/C14H13BrN2OS/c15-13-9-11(4-5-12(13)14(16)19)18-8-6-10-3-1-2-7-17-10/h1-5,7,9H,6,8H2,(H2,16,19). The van der Waals surface area contributed by atoms with Crippen molar-refractivity contribution >= 4 is 33.1 Å². The summed E-state index contributed by atoms with van der Waals surface area (Å²) in [5.41, 5.74) is 7.42. The SMILES string of the molecule is NC(=S)c1ccc(OCCc2ccccn2)cc1Br. The van der Waals surface area contributed by atoms with Crippen LogP contribution < -0.4 is 10.5 Å². The normalized spacial score (nSPS) is 10.2. The first kappa shape index (κ1) is 14.0. The van der Waals surface area contributed by atoms with Crippen molar-refractivity contribution in [2.24, 2.45) is 5.73 Å². The monoisotopic (exact) mass is 336 g/mol. The molecule has 0 atom stereocenters. The lowest BCUT2D eigenvalue weighted by Gasteiger charge is -2.08. The Morgan fingerprint density at radius 3 is 2.79 bits per heavy atom. The molecule has 0 spiro atoms. The number of ether oxygens (including phenoxy) is 1. The van der Waals surface area contributed by atoms with Gasteiger partial charge in [-0.25, -0.2) is 0 Å². The zero-order chi connectivity index (χ0) is 13.7. The van der Waals surface area contributed by atoms with E-state index in [0.717, 1.165) is 27.9 Å². The molecule has 3 nitrogen and oxygen atoms in total. The van der Waals surface area contributed by atoms with Crippen LogP contribution in [0.2, 0.25) is 0 Å². The lowest BCUT2D eigenvalue weighted by Crippen LogP contribution is -2.10. The Morgan fingerprint density at radius 2 is 2.16 bits per heavy atom. The molecule has 0 bridgehead atoms. The molecular weight excluding hydrogens is 324 g/mol. The van der Waals surface area contributed by atoms with E-state index in [2.05, 4.69) is 20.9 Å². The highest BCUT2D eigenvalue weighted by Gasteiger charge is 2.04. The average Bonchev–Trinajstić information content (AvgIpc) is 2.39. The summed E-state index contributed by atoms with van der Waals surface area (Å²) in [4.78, 5) is 4.61. The van der Waals surface area contributed by atoms with Crippen molar-refractivity contribution in [3.05, 3.63) is 58.3 Å². The third-order valence-electron chi connectivity index (χ3n) is 2.56. The number of pyridine rings is 1. The highest BCUT2D eigenvalue weighted by atomic mass is 79.9. The zero-order valence-electron chi connectivity index (χ0n) is 10.2. The molecule has 0 aliphatic carbocycles. The second-order valence-electron chi connectivity index (χ2n) is 3.93. The topological polar surface area (TPSA) is 48.1 Å². The third kappa shape index (κ3) is 4.01. The van der Waals surface area contributed by atoms with Gasteiger partial charge >= 0.3 is 0 Å². The molecule has 2 rings (SSSR count). The lowest BCUT2D eigenvalue weighted by atomic mass is 10.2. The predicted molar refractivity (Wildman–Crippen MR) is 83.5 cm³/mol. The van der Waals surface area contributed by atoms with Gasteiger partial charge in [0.15, 0.2) is 0 Å². The minimum Gasteiger partial charge on any atom is -0.493 e. The highest BCUT2D eigenvalue weighted by Crippen LogP contribution is 2.23. The van der Waals surface area contributed by atoms with Crippen molar-refractivity contribution in [2.45, 2.75) is 6.42 Å². The minimum absolute atomic E-state index is 0.368. The van der Waals surface area contributed by atoms with Crippen molar-refractivity contribution in [1.29, 1.82) is 0 Å². The van der Waals surface area contributed by atoms with Gasteiger partial charge in [-0.3, -0.25) is 4.98 Å². The van der Waals surface area contributed by atoms with Gasteiger partial charge in [0.1, 0.15) is 10.7 Å². The van der Waals surface area contributed by atoms with Gasteiger partial charge in [-0.05, 0) is 46.3 Å². The summed E-state index contributed by atoms with van der Waals surface area (Å²) in [5, 5.41) is 0. The summed E-state index contributed by atoms with van der Waals surface area (Å²) in [6.07, 6.45) is 2.55. The Balaban J connectivity index is 1.93. The molecule has 1 aromatic heterocycles. The van der Waals surface area contributed by atoms with E-state index < -0.39 is 0 Å². The first-order chi connectivity index (χ1) is 9.16. The maximum absolute atomic E-state index is 5.67. The van der Waals surface area contributed by atoms with Gasteiger partial charge < -0.3 is 10.5 Å². The average molecular weight is 337 g/mol. The molecule has 1 heterocycles. The van der Waals surface area contributed by atoms with Crippen LogP contribution in [-0.2, 0) is 6.42 Å². The molecule has 2 aromatic rings. The van der Waals surface area contributed by atoms with Gasteiger partial charge in [-0.15, -0.1) is 0 Å². The molecule has 0 saturated heterocycles. The Hall–Kier alpha value is -1.46. The quantitative estimate of drug-likeness (QED) is 0.852. The summed E-state index contributed by atoms with van der Waals surface area (Å²) >= 11 is 8.37. The molecule has 2 N–H and O–H groups in total. The molecule has 1 aromatic carbocycles. The van der Waals surface area contributed by atoms with Crippen LogP contribution in [0, 0.1) is 0 Å². The van der Waals surface area contributed by atoms with Crippen LogP contribution >= 0.6 is 28.1 Å². The smallest absolute Gasteiger partial charge is 0.120 e. The van der Waals surface area contributed by atoms with Crippen LogP contribution in [0.4, 0.5) is 0 Å². The van der Waals surface area contributed by atoms with Crippen molar-refractivity contribution in [2.75, 3.05) is 6.61 Å². The number of aromatic nitrogens is 1. The van der Waals surface area contributed by atoms with Crippen LogP contribution in [0.1, 0.15) is 11.3 Å². The van der Waals surface area contributed by atoms with E-state index in [1.165, 1.54) is 0 Å². The molecule has 0 amide bonds. The third-order valence-corrected chi connectivity index (χ3v) is 3.44. The van der Waals surface area contributed by atoms with Crippen LogP contribution in [0.3, 0.4) is 0 Å². The van der Waals surface area contributed by atoms with E-state index in [-0.39, 0.29) is 0 Å². The van der Waals surface area contributed by atoms with Gasteiger partial charge in [-0.2, -0.15) is 0 Å². The summed E-state index contributed by atoms with van der Waals surface area (Å²) in [6.45, 7) is 0.579. The lowest BCUT2D eigenvalue weighted by molar-refractivity contribution is 0.320. The van der Waals surface area contributed by atoms with E-state index in [9.17, 15) is 0 Å². The first-order valence-corrected chi connectivity index (χ1v) is 6.99. The van der Waals surface area contributed by atoms with Gasteiger partial charge in [-0.1, -0.05) is 18.3 Å². The molecule has 0 fully saturated rings. The van der Waals surface area contributed by atoms with Crippen LogP contribution in [0.5, 0.6) is 5.75 Å². The number of halogens is 1. The largest absolute Gasteiger partial charge is 0.493 e. The fraction of sp³-hybridized carbons (Fsp3) is 0.143. The van der Waals surface area contributed by atoms with E-state index in [0.29, 0.717) is 11.6 Å². The number of benzene rings is 1. The Labute approximate surface area is 125 Å². The molecule has 98 valence electrons. The molecule has 0 saturated carbocycles. The van der Waals surface area contributed by atoms with Crippen LogP contribution in [-0.4, -0.2) is 16.6 Å². The van der Waals surface area contributed by atoms with Gasteiger partial charge in [0.05, 0.1) is 6.61 Å². The number of nitrogens with zero attached hydrogens (tertiary/aromatic N) is 1. The van der Waals surface area contributed by atoms with Gasteiger partial charge in [0, 0.05) is 28.3 Å². The van der Waals surface area contributed by atoms with Gasteiger partial charge in [0.2, 0.25) is 0 Å². The van der Waals surface area contributed by atoms with E-state index >= 15 is 0 Å². The molecule has 0 radical (unpaired) electrons. The number of rotatable bonds is 5. The summed E-state index contributed by atoms with van der Waals surface area (Å²) in [5.74, 6) is 0.780. The van der Waals surface area contributed by atoms with Crippen LogP contribution in [0.25, 0.3) is 0 Å². The molecular formula is C14H13BrN2OS. The molecule has 0 unspecified atom stereocenters. The van der Waals surface area contributed by atoms with Crippen molar-refractivity contribution in [3.8, 4) is 5.75 Å². The zero-order valence-corrected chi connectivity index (χ0v) is 12.6. The number of hydrogen-bond donors (Lipinski definition) is 1. The van der Waals surface area contributed by atoms with E-state index in [4.69, 9.17) is 22.7 Å². The Kier molecular flexibility index (Phi) is 4.87. The fourth-order valence-electron chi connectivity index (χ4n) is 1.60. The molecule has 5 heteroatoms. The highest BCUT2D eigenvalue weighted by molar-refractivity contribution is 9.10. The number of thiocarbonyl (C=S) groups is 1. The van der Waals surface area contributed by atoms with E-state index in [1.807, 2.05) is 36.4 Å². The van der Waals surface area contributed by atoms with E-state index in [1.54, 1.807) is 6.20 Å². The summed E-state index contributed by atoms with van der Waals surface area (Å²) in [6, 6.07) is 11.4. The van der Waals surface area contributed by atoms with Gasteiger partial charge in [0.25, 0.3) is 0 Å². The Bertz CT molecular complexity index is 575. The van der Waals surface area contributed by atoms with Crippen molar-refractivity contribution in [3.63, 3.8) is 0 Å². The second kappa shape index (κ2) is 6.63. The maximum atomic E-state index is 5.67. The fourth-order valence-corrected chi connectivity index (χ4v) is 2.49. The number of nitrogens with two attached hydrogens (primary N) is 1. The summed E-state index contributed by atoms with van der Waals surface area (Å²) in [7, 11) is 0. The molecule has 0 aliphatic heterocycles. The molecule has 0 aliphatic rings. The van der Waals surface area contributed by atoms with Crippen LogP contribution in [0.15, 0.2) is 47.1 Å². The predicted octanol–water partition coefficient (Wildman–Crippen LogP) is 3.10. The Morgan fingerprint density at radius 1 is 1.32 bits per heavy atom. The second-order valence-corrected chi connectivity index (χ2v) is 5.22. The summed E-state index contributed by atoms with van der Waals surface area (Å²) < 4.78 is 6.51. The van der Waals surface area contributed by atoms with Crippen molar-refractivity contribution < 1.29 is 4.74 Å². The first-order valence-electron chi connectivity index (χ1n) is 5.79. The number of hydrogen-bond acceptors (Lipinski definition) is 3. The maximum Gasteiger partial charge on any atom is 0.120 e.